The van der Waals surface area contributed by atoms with Gasteiger partial charge in [0.2, 0.25) is 6.71 Å². The fourth-order valence-corrected chi connectivity index (χ4v) is 9.27. The molecule has 0 N–H and O–H groups in total. The minimum atomic E-state index is 0.154. The van der Waals surface area contributed by atoms with E-state index in [1.807, 2.05) is 0 Å². The Labute approximate surface area is 310 Å². The Morgan fingerprint density at radius 2 is 0.774 bits per heavy atom. The van der Waals surface area contributed by atoms with E-state index in [9.17, 15) is 0 Å². The summed E-state index contributed by atoms with van der Waals surface area (Å²) in [4.78, 5) is 0. The van der Waals surface area contributed by atoms with E-state index in [0.29, 0.717) is 0 Å². The number of fused-ring (bicyclic) bond motifs is 2. The average molecular weight is 669 g/mol. The average Bonchev–Trinajstić information content (AvgIpc) is 3.24. The second-order valence-corrected chi connectivity index (χ2v) is 14.3. The maximum Gasteiger partial charge on any atom is 0.242 e. The van der Waals surface area contributed by atoms with Gasteiger partial charge in [0, 0.05) is 0 Å². The van der Waals surface area contributed by atoms with Gasteiger partial charge in [-0.15, -0.1) is 0 Å². The lowest BCUT2D eigenvalue weighted by molar-refractivity contribution is 1.58. The predicted octanol–water partition coefficient (Wildman–Crippen LogP) is 11.7. The standard InChI is InChI=1S/C52H33B/c1-4-16-34(17-5-1)38-22-10-12-24-40(38)44-32-45(41-25-13-11-23-39(41)35-18-6-2-7-19-35)47-33-46-42-26-14-15-27-48(42)53(37-20-8-3-9-21-37)49-31-29-36-28-30-43(44)51(47)50(36)52(46)49/h1-33H. The van der Waals surface area contributed by atoms with Crippen LogP contribution in [0.5, 0.6) is 0 Å². The number of hydrogen-bond donors (Lipinski definition) is 0. The Morgan fingerprint density at radius 1 is 0.264 bits per heavy atom. The van der Waals surface area contributed by atoms with Crippen molar-refractivity contribution in [2.45, 2.75) is 0 Å². The maximum absolute atomic E-state index is 2.53. The van der Waals surface area contributed by atoms with Gasteiger partial charge in [0.1, 0.15) is 0 Å². The van der Waals surface area contributed by atoms with Gasteiger partial charge in [-0.3, -0.25) is 0 Å². The summed E-state index contributed by atoms with van der Waals surface area (Å²) in [5.41, 5.74) is 16.7. The molecule has 0 nitrogen and oxygen atoms in total. The lowest BCUT2D eigenvalue weighted by Crippen LogP contribution is -2.54. The quantitative estimate of drug-likeness (QED) is 0.126. The van der Waals surface area contributed by atoms with Gasteiger partial charge in [-0.05, 0) is 100 Å². The van der Waals surface area contributed by atoms with Gasteiger partial charge in [0.15, 0.2) is 0 Å². The van der Waals surface area contributed by atoms with Gasteiger partial charge in [0.25, 0.3) is 0 Å². The van der Waals surface area contributed by atoms with Crippen molar-refractivity contribution in [3.8, 4) is 55.6 Å². The van der Waals surface area contributed by atoms with E-state index in [1.54, 1.807) is 0 Å². The summed E-state index contributed by atoms with van der Waals surface area (Å²) in [7, 11) is 0. The van der Waals surface area contributed by atoms with Crippen molar-refractivity contribution in [2.75, 3.05) is 0 Å². The van der Waals surface area contributed by atoms with E-state index < -0.39 is 0 Å². The monoisotopic (exact) mass is 668 g/mol. The zero-order valence-corrected chi connectivity index (χ0v) is 29.1. The van der Waals surface area contributed by atoms with Crippen LogP contribution in [-0.4, -0.2) is 6.71 Å². The van der Waals surface area contributed by atoms with E-state index in [-0.39, 0.29) is 6.71 Å². The Morgan fingerprint density at radius 3 is 1.42 bits per heavy atom. The Hall–Kier alpha value is -6.70. The first-order valence-electron chi connectivity index (χ1n) is 18.6. The van der Waals surface area contributed by atoms with Gasteiger partial charge in [-0.25, -0.2) is 0 Å². The smallest absolute Gasteiger partial charge is 0.0686 e. The van der Waals surface area contributed by atoms with Gasteiger partial charge >= 0.3 is 0 Å². The van der Waals surface area contributed by atoms with Crippen LogP contribution in [0.1, 0.15) is 0 Å². The van der Waals surface area contributed by atoms with Crippen molar-refractivity contribution in [2.24, 2.45) is 0 Å². The molecule has 10 aromatic rings. The van der Waals surface area contributed by atoms with Crippen LogP contribution in [0.3, 0.4) is 0 Å². The van der Waals surface area contributed by atoms with Crippen molar-refractivity contribution in [3.05, 3.63) is 200 Å². The van der Waals surface area contributed by atoms with Gasteiger partial charge < -0.3 is 0 Å². The van der Waals surface area contributed by atoms with E-state index in [1.165, 1.54) is 104 Å². The van der Waals surface area contributed by atoms with Crippen LogP contribution in [0.15, 0.2) is 200 Å². The fourth-order valence-electron chi connectivity index (χ4n) is 9.27. The summed E-state index contributed by atoms with van der Waals surface area (Å²) >= 11 is 0. The molecule has 0 fully saturated rings. The first kappa shape index (κ1) is 30.0. The normalized spacial score (nSPS) is 12.1. The van der Waals surface area contributed by atoms with Crippen LogP contribution >= 0.6 is 0 Å². The molecule has 0 saturated heterocycles. The lowest BCUT2D eigenvalue weighted by atomic mass is 9.33. The summed E-state index contributed by atoms with van der Waals surface area (Å²) in [6.07, 6.45) is 0. The molecule has 0 unspecified atom stereocenters. The maximum atomic E-state index is 2.53. The van der Waals surface area contributed by atoms with Gasteiger partial charge in [-0.2, -0.15) is 0 Å². The zero-order chi connectivity index (χ0) is 34.9. The topological polar surface area (TPSA) is 0 Å². The van der Waals surface area contributed by atoms with E-state index in [2.05, 4.69) is 200 Å². The second kappa shape index (κ2) is 11.9. The van der Waals surface area contributed by atoms with E-state index in [4.69, 9.17) is 0 Å². The predicted molar refractivity (Wildman–Crippen MR) is 228 cm³/mol. The SMILES string of the molecule is c1ccc(B2c3ccccc3-c3cc4c(-c5ccccc5-c5ccccc5)cc(-c5ccccc5-c5ccccc5)c5ccc6ccc2c3c6c54)cc1. The summed E-state index contributed by atoms with van der Waals surface area (Å²) in [5, 5.41) is 7.94. The summed E-state index contributed by atoms with van der Waals surface area (Å²) in [6, 6.07) is 74.2. The van der Waals surface area contributed by atoms with Crippen LogP contribution in [0.4, 0.5) is 0 Å². The van der Waals surface area contributed by atoms with Crippen LogP contribution in [-0.2, 0) is 0 Å². The molecule has 10 aromatic carbocycles. The third-order valence-electron chi connectivity index (χ3n) is 11.5. The van der Waals surface area contributed by atoms with E-state index >= 15 is 0 Å². The first-order chi connectivity index (χ1) is 26.3. The molecular weight excluding hydrogens is 635 g/mol. The molecule has 1 heteroatoms. The largest absolute Gasteiger partial charge is 0.242 e. The van der Waals surface area contributed by atoms with Crippen molar-refractivity contribution in [1.29, 1.82) is 0 Å². The molecule has 1 aliphatic heterocycles. The van der Waals surface area contributed by atoms with Crippen LogP contribution < -0.4 is 16.4 Å². The Kier molecular flexibility index (Phi) is 6.75. The van der Waals surface area contributed by atoms with Crippen LogP contribution in [0.2, 0.25) is 0 Å². The summed E-state index contributed by atoms with van der Waals surface area (Å²) in [5.74, 6) is 0. The molecule has 0 saturated carbocycles. The zero-order valence-electron chi connectivity index (χ0n) is 29.1. The number of benzene rings is 10. The molecule has 244 valence electrons. The summed E-state index contributed by atoms with van der Waals surface area (Å²) in [6.45, 7) is 0.154. The van der Waals surface area contributed by atoms with Crippen molar-refractivity contribution in [1.82, 2.24) is 0 Å². The highest BCUT2D eigenvalue weighted by Crippen LogP contribution is 2.49. The minimum Gasteiger partial charge on any atom is -0.0686 e. The molecule has 1 aliphatic rings. The molecule has 0 aliphatic carbocycles. The first-order valence-corrected chi connectivity index (χ1v) is 18.6. The molecule has 1 heterocycles. The Bertz CT molecular complexity index is 2980. The van der Waals surface area contributed by atoms with Crippen molar-refractivity contribution < 1.29 is 0 Å². The third kappa shape index (κ3) is 4.57. The lowest BCUT2D eigenvalue weighted by Gasteiger charge is -2.30. The fraction of sp³-hybridized carbons (Fsp3) is 0. The summed E-state index contributed by atoms with van der Waals surface area (Å²) < 4.78 is 0. The molecule has 11 rings (SSSR count). The highest BCUT2D eigenvalue weighted by molar-refractivity contribution is 6.98. The van der Waals surface area contributed by atoms with Crippen molar-refractivity contribution >= 4 is 55.4 Å². The number of rotatable bonds is 5. The molecular formula is C52H33B. The highest BCUT2D eigenvalue weighted by Gasteiger charge is 2.33. The minimum absolute atomic E-state index is 0.154. The Balaban J connectivity index is 1.33. The molecule has 53 heavy (non-hydrogen) atoms. The molecule has 0 atom stereocenters. The second-order valence-electron chi connectivity index (χ2n) is 14.3. The molecule has 0 amide bonds. The highest BCUT2D eigenvalue weighted by atomic mass is 14.3. The van der Waals surface area contributed by atoms with Gasteiger partial charge in [-0.1, -0.05) is 204 Å². The third-order valence-corrected chi connectivity index (χ3v) is 11.5. The van der Waals surface area contributed by atoms with Crippen LogP contribution in [0.25, 0.3) is 88.0 Å². The molecule has 0 bridgehead atoms. The number of hydrogen-bond acceptors (Lipinski definition) is 0. The van der Waals surface area contributed by atoms with Gasteiger partial charge in [0.05, 0.1) is 0 Å². The molecule has 0 radical (unpaired) electrons. The van der Waals surface area contributed by atoms with Crippen LogP contribution in [0, 0.1) is 0 Å². The van der Waals surface area contributed by atoms with Crippen molar-refractivity contribution in [3.63, 3.8) is 0 Å². The molecule has 0 aromatic heterocycles. The van der Waals surface area contributed by atoms with E-state index in [0.717, 1.165) is 0 Å². The molecule has 0 spiro atoms.